The molecule has 2 N–H and O–H groups in total. The van der Waals surface area contributed by atoms with E-state index in [1.54, 1.807) is 42.6 Å². The largest absolute Gasteiger partial charge is 0.508 e. The third kappa shape index (κ3) is 3.89. The van der Waals surface area contributed by atoms with Gasteiger partial charge in [-0.3, -0.25) is 4.79 Å². The highest BCUT2D eigenvalue weighted by molar-refractivity contribution is 5.95. The lowest BCUT2D eigenvalue weighted by atomic mass is 10.2. The number of amides is 1. The SMILES string of the molecule is Cc1ccc(C)n1-c1ccc(C(=O)N/N=C\c2cccn2-c2ccc(O)cc2)cc1. The number of hydrogen-bond donors (Lipinski definition) is 2. The molecule has 0 atom stereocenters. The summed E-state index contributed by atoms with van der Waals surface area (Å²) in [5, 5.41) is 13.5. The van der Waals surface area contributed by atoms with E-state index in [0.29, 0.717) is 5.56 Å². The highest BCUT2D eigenvalue weighted by Crippen LogP contribution is 2.17. The van der Waals surface area contributed by atoms with Crippen LogP contribution in [0.4, 0.5) is 0 Å². The molecule has 2 heterocycles. The molecule has 2 aromatic heterocycles. The van der Waals surface area contributed by atoms with Crippen molar-refractivity contribution in [3.05, 3.63) is 102 Å². The van der Waals surface area contributed by atoms with Crippen LogP contribution < -0.4 is 5.43 Å². The number of phenols is 1. The van der Waals surface area contributed by atoms with Gasteiger partial charge in [0, 0.05) is 34.5 Å². The van der Waals surface area contributed by atoms with Gasteiger partial charge in [0.2, 0.25) is 0 Å². The van der Waals surface area contributed by atoms with E-state index in [0.717, 1.165) is 28.5 Å². The summed E-state index contributed by atoms with van der Waals surface area (Å²) in [4.78, 5) is 12.4. The van der Waals surface area contributed by atoms with Gasteiger partial charge in [0.25, 0.3) is 5.91 Å². The van der Waals surface area contributed by atoms with Crippen LogP contribution in [0, 0.1) is 13.8 Å². The molecule has 2 aromatic carbocycles. The van der Waals surface area contributed by atoms with Crippen molar-refractivity contribution in [2.45, 2.75) is 13.8 Å². The van der Waals surface area contributed by atoms with Gasteiger partial charge in [0.15, 0.2) is 0 Å². The number of hydrogen-bond acceptors (Lipinski definition) is 3. The molecule has 30 heavy (non-hydrogen) atoms. The summed E-state index contributed by atoms with van der Waals surface area (Å²) in [6.07, 6.45) is 3.48. The molecule has 4 aromatic rings. The van der Waals surface area contributed by atoms with E-state index in [9.17, 15) is 9.90 Å². The first-order valence-electron chi connectivity index (χ1n) is 9.58. The molecule has 4 rings (SSSR count). The fourth-order valence-electron chi connectivity index (χ4n) is 3.41. The van der Waals surface area contributed by atoms with Gasteiger partial charge in [-0.25, -0.2) is 5.43 Å². The Bertz CT molecular complexity index is 1180. The van der Waals surface area contributed by atoms with Crippen LogP contribution in [-0.4, -0.2) is 26.4 Å². The minimum atomic E-state index is -0.276. The number of aryl methyl sites for hydroxylation is 2. The van der Waals surface area contributed by atoms with Crippen LogP contribution in [0.15, 0.2) is 84.1 Å². The van der Waals surface area contributed by atoms with E-state index < -0.39 is 0 Å². The Hall–Kier alpha value is -4.06. The van der Waals surface area contributed by atoms with Gasteiger partial charge >= 0.3 is 0 Å². The molecular formula is C24H22N4O2. The van der Waals surface area contributed by atoms with Crippen molar-refractivity contribution in [1.29, 1.82) is 0 Å². The number of aromatic hydroxyl groups is 1. The fraction of sp³-hybridized carbons (Fsp3) is 0.0833. The molecule has 0 fully saturated rings. The average molecular weight is 398 g/mol. The number of nitrogens with zero attached hydrogens (tertiary/aromatic N) is 3. The second-order valence-electron chi connectivity index (χ2n) is 7.02. The Morgan fingerprint density at radius 2 is 1.53 bits per heavy atom. The standard InChI is InChI=1S/C24H22N4O2/c1-17-5-6-18(2)28(17)21-9-7-19(8-10-21)24(30)26-25-16-22-4-3-15-27(22)20-11-13-23(29)14-12-20/h3-16,29H,1-2H3,(H,26,30)/b25-16-. The lowest BCUT2D eigenvalue weighted by molar-refractivity contribution is 0.0955. The minimum Gasteiger partial charge on any atom is -0.508 e. The van der Waals surface area contributed by atoms with Crippen LogP contribution >= 0.6 is 0 Å². The first-order valence-corrected chi connectivity index (χ1v) is 9.58. The van der Waals surface area contributed by atoms with Crippen molar-refractivity contribution in [2.24, 2.45) is 5.10 Å². The monoisotopic (exact) mass is 398 g/mol. The van der Waals surface area contributed by atoms with E-state index in [4.69, 9.17) is 0 Å². The molecule has 0 saturated heterocycles. The Morgan fingerprint density at radius 3 is 2.20 bits per heavy atom. The van der Waals surface area contributed by atoms with Gasteiger partial charge in [0.05, 0.1) is 11.9 Å². The van der Waals surface area contributed by atoms with Gasteiger partial charge in [-0.2, -0.15) is 5.10 Å². The maximum absolute atomic E-state index is 12.4. The molecule has 150 valence electrons. The maximum Gasteiger partial charge on any atom is 0.271 e. The number of carbonyl (C=O) groups excluding carboxylic acids is 1. The van der Waals surface area contributed by atoms with Crippen LogP contribution in [0.1, 0.15) is 27.4 Å². The molecule has 0 unspecified atom stereocenters. The molecule has 6 nitrogen and oxygen atoms in total. The predicted molar refractivity (Wildman–Crippen MR) is 118 cm³/mol. The first kappa shape index (κ1) is 19.3. The van der Waals surface area contributed by atoms with Gasteiger partial charge in [-0.05, 0) is 86.6 Å². The van der Waals surface area contributed by atoms with Crippen LogP contribution in [0.3, 0.4) is 0 Å². The second kappa shape index (κ2) is 8.13. The lowest BCUT2D eigenvalue weighted by Crippen LogP contribution is -2.18. The highest BCUT2D eigenvalue weighted by atomic mass is 16.3. The Labute approximate surface area is 174 Å². The Balaban J connectivity index is 1.45. The van der Waals surface area contributed by atoms with Gasteiger partial charge in [-0.1, -0.05) is 0 Å². The molecule has 1 amide bonds. The second-order valence-corrected chi connectivity index (χ2v) is 7.02. The zero-order valence-corrected chi connectivity index (χ0v) is 16.8. The van der Waals surface area contributed by atoms with Crippen molar-refractivity contribution in [1.82, 2.24) is 14.6 Å². The van der Waals surface area contributed by atoms with Crippen LogP contribution in [0.25, 0.3) is 11.4 Å². The molecule has 0 saturated carbocycles. The van der Waals surface area contributed by atoms with Crippen molar-refractivity contribution >= 4 is 12.1 Å². The normalized spacial score (nSPS) is 11.1. The number of phenolic OH excluding ortho intramolecular Hbond substituents is 1. The quantitative estimate of drug-likeness (QED) is 0.387. The summed E-state index contributed by atoms with van der Waals surface area (Å²) in [7, 11) is 0. The molecule has 0 aliphatic rings. The molecular weight excluding hydrogens is 376 g/mol. The van der Waals surface area contributed by atoms with Crippen LogP contribution in [0.2, 0.25) is 0 Å². The van der Waals surface area contributed by atoms with Crippen molar-refractivity contribution < 1.29 is 9.90 Å². The predicted octanol–water partition coefficient (Wildman–Crippen LogP) is 4.35. The third-order valence-electron chi connectivity index (χ3n) is 4.93. The molecule has 0 bridgehead atoms. The van der Waals surface area contributed by atoms with E-state index >= 15 is 0 Å². The summed E-state index contributed by atoms with van der Waals surface area (Å²) >= 11 is 0. The van der Waals surface area contributed by atoms with E-state index in [1.165, 1.54) is 0 Å². The summed E-state index contributed by atoms with van der Waals surface area (Å²) in [5.74, 6) is -0.0667. The van der Waals surface area contributed by atoms with E-state index in [-0.39, 0.29) is 11.7 Å². The topological polar surface area (TPSA) is 71.5 Å². The van der Waals surface area contributed by atoms with Crippen LogP contribution in [-0.2, 0) is 0 Å². The average Bonchev–Trinajstić information content (AvgIpc) is 3.35. The zero-order chi connectivity index (χ0) is 21.1. The number of benzene rings is 2. The zero-order valence-electron chi connectivity index (χ0n) is 16.8. The highest BCUT2D eigenvalue weighted by Gasteiger charge is 2.08. The molecule has 0 aliphatic carbocycles. The van der Waals surface area contributed by atoms with E-state index in [1.807, 2.05) is 35.0 Å². The Kier molecular flexibility index (Phi) is 5.22. The lowest BCUT2D eigenvalue weighted by Gasteiger charge is -2.10. The summed E-state index contributed by atoms with van der Waals surface area (Å²) in [6.45, 7) is 4.10. The van der Waals surface area contributed by atoms with Crippen molar-refractivity contribution in [3.63, 3.8) is 0 Å². The summed E-state index contributed by atoms with van der Waals surface area (Å²) < 4.78 is 4.04. The van der Waals surface area contributed by atoms with Gasteiger partial charge in [0.1, 0.15) is 5.75 Å². The molecule has 0 radical (unpaired) electrons. The smallest absolute Gasteiger partial charge is 0.271 e. The minimum absolute atomic E-state index is 0.210. The number of carbonyl (C=O) groups is 1. The number of aromatic nitrogens is 2. The third-order valence-corrected chi connectivity index (χ3v) is 4.93. The number of rotatable bonds is 5. The van der Waals surface area contributed by atoms with Gasteiger partial charge < -0.3 is 14.2 Å². The summed E-state index contributed by atoms with van der Waals surface area (Å²) in [5.41, 5.74) is 8.10. The van der Waals surface area contributed by atoms with Crippen molar-refractivity contribution in [2.75, 3.05) is 0 Å². The van der Waals surface area contributed by atoms with Crippen LogP contribution in [0.5, 0.6) is 5.75 Å². The first-order chi connectivity index (χ1) is 14.5. The molecule has 0 spiro atoms. The maximum atomic E-state index is 12.4. The van der Waals surface area contributed by atoms with E-state index in [2.05, 4.69) is 41.1 Å². The molecule has 0 aliphatic heterocycles. The van der Waals surface area contributed by atoms with Crippen molar-refractivity contribution in [3.8, 4) is 17.1 Å². The number of nitrogens with one attached hydrogen (secondary N) is 1. The summed E-state index contributed by atoms with van der Waals surface area (Å²) in [6, 6.07) is 22.2. The fourth-order valence-corrected chi connectivity index (χ4v) is 3.41. The Morgan fingerprint density at radius 1 is 0.900 bits per heavy atom. The number of hydrazone groups is 1. The molecule has 6 heteroatoms. The van der Waals surface area contributed by atoms with Gasteiger partial charge in [-0.15, -0.1) is 0 Å².